The lowest BCUT2D eigenvalue weighted by Crippen LogP contribution is -2.17. The number of para-hydroxylation sites is 8. The second-order valence-electron chi connectivity index (χ2n) is 16.2. The van der Waals surface area contributed by atoms with E-state index in [1.807, 2.05) is 0 Å². The van der Waals surface area contributed by atoms with E-state index in [4.69, 9.17) is 11.5 Å². The number of nitrogens with zero attached hydrogens (tertiary/aromatic N) is 4. The van der Waals surface area contributed by atoms with Gasteiger partial charge in [0.05, 0.1) is 78.0 Å². The first-order valence-corrected chi connectivity index (χ1v) is 21.4. The Hall–Kier alpha value is -9.10. The van der Waals surface area contributed by atoms with Gasteiger partial charge in [0.2, 0.25) is 0 Å². The predicted octanol–water partition coefficient (Wildman–Crippen LogP) is 12.6. The molecule has 4 heterocycles. The molecule has 0 fully saturated rings. The molecule has 4 aromatic heterocycles. The van der Waals surface area contributed by atoms with Crippen LogP contribution in [0.1, 0.15) is 11.1 Å². The molecule has 0 aliphatic rings. The number of rotatable bonds is 4. The van der Waals surface area contributed by atoms with Gasteiger partial charge in [0.15, 0.2) is 0 Å². The molecule has 298 valence electrons. The highest BCUT2D eigenvalue weighted by molar-refractivity contribution is 6.16. The van der Waals surface area contributed by atoms with Crippen LogP contribution in [0.15, 0.2) is 194 Å². The molecule has 13 rings (SSSR count). The van der Waals surface area contributed by atoms with Crippen molar-refractivity contribution in [3.8, 4) is 46.7 Å². The molecule has 0 saturated carbocycles. The van der Waals surface area contributed by atoms with E-state index in [-0.39, 0.29) is 0 Å². The van der Waals surface area contributed by atoms with Crippen molar-refractivity contribution in [2.24, 2.45) is 11.5 Å². The topological polar surface area (TPSA) is 71.8 Å². The Morgan fingerprint density at radius 3 is 0.641 bits per heavy atom. The molecule has 0 bridgehead atoms. The largest absolute Gasteiger partial charge is 0.359 e. The van der Waals surface area contributed by atoms with Gasteiger partial charge in [-0.15, -0.1) is 0 Å². The van der Waals surface area contributed by atoms with Crippen LogP contribution in [0.25, 0.3) is 110 Å². The van der Waals surface area contributed by atoms with Crippen molar-refractivity contribution in [2.75, 3.05) is 0 Å². The van der Waals surface area contributed by atoms with Gasteiger partial charge in [0, 0.05) is 55.2 Å². The summed E-state index contributed by atoms with van der Waals surface area (Å²) in [7, 11) is 0. The molecular formula is C58H36N6. The van der Waals surface area contributed by atoms with E-state index in [2.05, 4.69) is 236 Å². The maximum atomic E-state index is 6.56. The SMILES string of the molecule is NC#Cc1c(-n2c3ccccc3c3ccccc32)c(C#CN)c(-n2c3ccccc3c3ccccc32)c(-n2c3ccccc3c3ccccc32)c1-n1c2ccccc2c2ccccc21. The summed E-state index contributed by atoms with van der Waals surface area (Å²) in [6, 6.07) is 74.8. The molecule has 0 aliphatic carbocycles. The highest BCUT2D eigenvalue weighted by atomic mass is 15.1. The smallest absolute Gasteiger partial charge is 0.0974 e. The van der Waals surface area contributed by atoms with E-state index >= 15 is 0 Å². The molecule has 0 spiro atoms. The normalized spacial score (nSPS) is 11.6. The van der Waals surface area contributed by atoms with Crippen LogP contribution in [0.4, 0.5) is 0 Å². The Morgan fingerprint density at radius 2 is 0.422 bits per heavy atom. The zero-order valence-electron chi connectivity index (χ0n) is 34.4. The Bertz CT molecular complexity index is 3870. The van der Waals surface area contributed by atoms with Crippen molar-refractivity contribution in [3.63, 3.8) is 0 Å². The van der Waals surface area contributed by atoms with Crippen molar-refractivity contribution < 1.29 is 0 Å². The lowest BCUT2D eigenvalue weighted by atomic mass is 9.97. The maximum absolute atomic E-state index is 6.56. The van der Waals surface area contributed by atoms with Crippen LogP contribution in [-0.4, -0.2) is 18.3 Å². The van der Waals surface area contributed by atoms with Crippen molar-refractivity contribution in [1.29, 1.82) is 0 Å². The minimum Gasteiger partial charge on any atom is -0.359 e. The van der Waals surface area contributed by atoms with Gasteiger partial charge in [-0.3, -0.25) is 0 Å². The molecule has 0 aliphatic heterocycles. The molecule has 6 heteroatoms. The third-order valence-corrected chi connectivity index (χ3v) is 13.0. The van der Waals surface area contributed by atoms with Crippen LogP contribution in [0.3, 0.4) is 0 Å². The van der Waals surface area contributed by atoms with Crippen LogP contribution in [0, 0.1) is 23.9 Å². The summed E-state index contributed by atoms with van der Waals surface area (Å²) in [5.74, 6) is 7.16. The number of nitrogens with two attached hydrogens (primary N) is 2. The van der Waals surface area contributed by atoms with Gasteiger partial charge in [-0.25, -0.2) is 0 Å². The van der Waals surface area contributed by atoms with Gasteiger partial charge in [-0.2, -0.15) is 0 Å². The number of hydrogen-bond donors (Lipinski definition) is 2. The van der Waals surface area contributed by atoms with Gasteiger partial charge in [0.25, 0.3) is 0 Å². The van der Waals surface area contributed by atoms with E-state index < -0.39 is 0 Å². The highest BCUT2D eigenvalue weighted by Crippen LogP contribution is 2.48. The van der Waals surface area contributed by atoms with E-state index in [1.54, 1.807) is 0 Å². The van der Waals surface area contributed by atoms with E-state index in [9.17, 15) is 0 Å². The fourth-order valence-corrected chi connectivity index (χ4v) is 10.6. The minimum absolute atomic E-state index is 0.708. The quantitative estimate of drug-likeness (QED) is 0.137. The zero-order chi connectivity index (χ0) is 42.5. The van der Waals surface area contributed by atoms with Crippen molar-refractivity contribution in [2.45, 2.75) is 0 Å². The van der Waals surface area contributed by atoms with E-state index in [1.165, 1.54) is 0 Å². The van der Waals surface area contributed by atoms with Crippen LogP contribution >= 0.6 is 0 Å². The second kappa shape index (κ2) is 13.7. The summed E-state index contributed by atoms with van der Waals surface area (Å²) >= 11 is 0. The standard InChI is InChI=1S/C58H36N6/c59-35-33-45-55(61-47-25-9-1-17-37(47)38-18-2-10-26-48(38)61)46(34-36-60)57(63-51-29-13-5-21-41(51)42-22-6-14-30-52(42)63)58(64-53-31-15-7-23-43(53)44-24-8-16-32-54(44)64)56(45)62-49-27-11-3-19-39(49)40-20-4-12-28-50(40)62/h1-32H,59-60H2. The molecule has 4 N–H and O–H groups in total. The third kappa shape index (κ3) is 4.77. The summed E-state index contributed by atoms with van der Waals surface area (Å²) in [6.45, 7) is 0. The first kappa shape index (κ1) is 35.6. The molecule has 13 aromatic rings. The fourth-order valence-electron chi connectivity index (χ4n) is 10.6. The fraction of sp³-hybridized carbons (Fsp3) is 0. The maximum Gasteiger partial charge on any atom is 0.0974 e. The Labute approximate surface area is 367 Å². The molecule has 6 nitrogen and oxygen atoms in total. The van der Waals surface area contributed by atoms with Crippen LogP contribution in [0.5, 0.6) is 0 Å². The highest BCUT2D eigenvalue weighted by Gasteiger charge is 2.33. The molecule has 0 atom stereocenters. The Kier molecular flexibility index (Phi) is 7.63. The number of fused-ring (bicyclic) bond motifs is 12. The van der Waals surface area contributed by atoms with Crippen LogP contribution < -0.4 is 11.5 Å². The molecule has 9 aromatic carbocycles. The summed E-state index contributed by atoms with van der Waals surface area (Å²) in [6.07, 6.45) is 0. The molecule has 64 heavy (non-hydrogen) atoms. The number of hydrogen-bond acceptors (Lipinski definition) is 2. The predicted molar refractivity (Wildman–Crippen MR) is 266 cm³/mol. The van der Waals surface area contributed by atoms with Gasteiger partial charge >= 0.3 is 0 Å². The molecule has 0 unspecified atom stereocenters. The summed E-state index contributed by atoms with van der Waals surface area (Å²) in [4.78, 5) is 0. The van der Waals surface area contributed by atoms with E-state index in [0.717, 1.165) is 110 Å². The number of benzene rings is 9. The van der Waals surface area contributed by atoms with Crippen molar-refractivity contribution in [3.05, 3.63) is 205 Å². The van der Waals surface area contributed by atoms with Crippen molar-refractivity contribution in [1.82, 2.24) is 18.3 Å². The first-order valence-electron chi connectivity index (χ1n) is 21.4. The molecular weight excluding hydrogens is 781 g/mol. The van der Waals surface area contributed by atoms with Gasteiger partial charge < -0.3 is 29.7 Å². The molecule has 0 amide bonds. The monoisotopic (exact) mass is 816 g/mol. The first-order chi connectivity index (χ1) is 31.8. The molecule has 0 saturated heterocycles. The summed E-state index contributed by atoms with van der Waals surface area (Å²) in [5.41, 5.74) is 26.1. The second-order valence-corrected chi connectivity index (χ2v) is 16.2. The zero-order valence-corrected chi connectivity index (χ0v) is 34.4. The van der Waals surface area contributed by atoms with Crippen LogP contribution in [-0.2, 0) is 0 Å². The Balaban J connectivity index is 1.42. The number of aromatic nitrogens is 4. The summed E-state index contributed by atoms with van der Waals surface area (Å²) in [5, 5.41) is 8.98. The van der Waals surface area contributed by atoms with Gasteiger partial charge in [-0.1, -0.05) is 146 Å². The summed E-state index contributed by atoms with van der Waals surface area (Å²) < 4.78 is 9.55. The third-order valence-electron chi connectivity index (χ3n) is 13.0. The minimum atomic E-state index is 0.708. The van der Waals surface area contributed by atoms with Gasteiger partial charge in [-0.05, 0) is 60.4 Å². The van der Waals surface area contributed by atoms with Crippen molar-refractivity contribution >= 4 is 87.2 Å². The lowest BCUT2D eigenvalue weighted by molar-refractivity contribution is 1.02. The van der Waals surface area contributed by atoms with E-state index in [0.29, 0.717) is 11.1 Å². The van der Waals surface area contributed by atoms with Crippen LogP contribution in [0.2, 0.25) is 0 Å². The molecule has 0 radical (unpaired) electrons. The average Bonchev–Trinajstić information content (AvgIpc) is 4.07. The average molecular weight is 817 g/mol. The lowest BCUT2D eigenvalue weighted by Gasteiger charge is -2.28. The Morgan fingerprint density at radius 1 is 0.234 bits per heavy atom. The van der Waals surface area contributed by atoms with Gasteiger partial charge in [0.1, 0.15) is 0 Å².